The van der Waals surface area contributed by atoms with Crippen molar-refractivity contribution >= 4 is 74.5 Å². The molecule has 10 nitrogen and oxygen atoms in total. The van der Waals surface area contributed by atoms with Crippen LogP contribution in [-0.2, 0) is 19.1 Å². The largest absolute Gasteiger partial charge is 0.481 e. The van der Waals surface area contributed by atoms with Gasteiger partial charge in [0.1, 0.15) is 0 Å². The van der Waals surface area contributed by atoms with Crippen LogP contribution >= 0.6 is 34.5 Å². The van der Waals surface area contributed by atoms with Crippen LogP contribution in [0, 0.1) is 5.92 Å². The highest BCUT2D eigenvalue weighted by atomic mass is 35.5. The molecule has 3 heterocycles. The second-order valence-electron chi connectivity index (χ2n) is 9.45. The Kier molecular flexibility index (Phi) is 10.1. The second kappa shape index (κ2) is 13.5. The SMILES string of the molecule is O=C(O)CC(CNC(=O)N1CCOCC1)C(=O)NC1CCN(C(=O)/C=C/c2cc3ccsc3c(Cl)c2Cl)CC1. The Bertz CT molecular complexity index is 1250. The molecule has 1 atom stereocenters. The molecule has 1 unspecified atom stereocenters. The van der Waals surface area contributed by atoms with Crippen molar-refractivity contribution in [1.29, 1.82) is 0 Å². The van der Waals surface area contributed by atoms with Crippen LogP contribution in [0.2, 0.25) is 10.0 Å². The van der Waals surface area contributed by atoms with Crippen molar-refractivity contribution in [1.82, 2.24) is 20.4 Å². The number of piperidine rings is 1. The topological polar surface area (TPSA) is 128 Å². The molecular weight excluding hydrogens is 567 g/mol. The van der Waals surface area contributed by atoms with E-state index in [4.69, 9.17) is 27.9 Å². The number of halogens is 2. The van der Waals surface area contributed by atoms with Gasteiger partial charge in [0.15, 0.2) is 0 Å². The zero-order valence-electron chi connectivity index (χ0n) is 21.2. The van der Waals surface area contributed by atoms with Crippen molar-refractivity contribution in [3.05, 3.63) is 39.2 Å². The highest BCUT2D eigenvalue weighted by Crippen LogP contribution is 2.37. The third kappa shape index (κ3) is 7.63. The van der Waals surface area contributed by atoms with Crippen LogP contribution in [0.25, 0.3) is 16.2 Å². The Morgan fingerprint density at radius 2 is 1.82 bits per heavy atom. The number of aliphatic carboxylic acids is 1. The molecule has 4 rings (SSSR count). The number of nitrogens with zero attached hydrogens (tertiary/aromatic N) is 2. The van der Waals surface area contributed by atoms with Gasteiger partial charge in [0.25, 0.3) is 0 Å². The number of fused-ring (bicyclic) bond motifs is 1. The molecule has 0 radical (unpaired) electrons. The lowest BCUT2D eigenvalue weighted by Gasteiger charge is -2.32. The number of likely N-dealkylation sites (tertiary alicyclic amines) is 1. The summed E-state index contributed by atoms with van der Waals surface area (Å²) in [4.78, 5) is 52.6. The molecule has 0 aliphatic carbocycles. The summed E-state index contributed by atoms with van der Waals surface area (Å²) in [5, 5.41) is 18.6. The maximum Gasteiger partial charge on any atom is 0.317 e. The Morgan fingerprint density at radius 1 is 1.10 bits per heavy atom. The van der Waals surface area contributed by atoms with E-state index in [1.54, 1.807) is 15.9 Å². The van der Waals surface area contributed by atoms with Crippen LogP contribution in [0.5, 0.6) is 0 Å². The number of ether oxygens (including phenoxy) is 1. The average molecular weight is 598 g/mol. The molecule has 3 N–H and O–H groups in total. The van der Waals surface area contributed by atoms with Gasteiger partial charge in [-0.2, -0.15) is 0 Å². The standard InChI is InChI=1S/C26H30Cl2N4O6S/c27-22-16(13-17-5-12-39-24(17)23(22)28)1-2-20(33)31-6-3-19(4-7-31)30-25(36)18(14-21(34)35)15-29-26(37)32-8-10-38-11-9-32/h1-2,5,12-13,18-19H,3-4,6-11,14-15H2,(H,29,37)(H,30,36)(H,34,35)/b2-1+. The molecular formula is C26H30Cl2N4O6S. The molecule has 0 bridgehead atoms. The normalized spacial score (nSPS) is 17.4. The number of carbonyl (C=O) groups excluding carboxylic acids is 3. The van der Waals surface area contributed by atoms with Gasteiger partial charge in [-0.05, 0) is 47.4 Å². The third-order valence-electron chi connectivity index (χ3n) is 6.80. The quantitative estimate of drug-likeness (QED) is 0.400. The van der Waals surface area contributed by atoms with E-state index in [1.165, 1.54) is 17.4 Å². The molecule has 2 saturated heterocycles. The van der Waals surface area contributed by atoms with Crippen LogP contribution in [0.3, 0.4) is 0 Å². The van der Waals surface area contributed by atoms with Gasteiger partial charge in [0.2, 0.25) is 11.8 Å². The van der Waals surface area contributed by atoms with Gasteiger partial charge < -0.3 is 30.3 Å². The Labute approximate surface area is 239 Å². The first-order valence-corrected chi connectivity index (χ1v) is 14.3. The van der Waals surface area contributed by atoms with Crippen LogP contribution < -0.4 is 10.6 Å². The number of amides is 4. The Balaban J connectivity index is 1.27. The fourth-order valence-electron chi connectivity index (χ4n) is 4.58. The van der Waals surface area contributed by atoms with Crippen LogP contribution in [-0.4, -0.2) is 90.7 Å². The van der Waals surface area contributed by atoms with Crippen molar-refractivity contribution in [2.45, 2.75) is 25.3 Å². The summed E-state index contributed by atoms with van der Waals surface area (Å²) in [5.74, 6) is -2.64. The van der Waals surface area contributed by atoms with Gasteiger partial charge in [0, 0.05) is 44.8 Å². The zero-order valence-corrected chi connectivity index (χ0v) is 23.5. The van der Waals surface area contributed by atoms with E-state index in [0.29, 0.717) is 67.8 Å². The molecule has 1 aromatic heterocycles. The van der Waals surface area contributed by atoms with Crippen molar-refractivity contribution < 1.29 is 29.0 Å². The number of urea groups is 1. The molecule has 2 aliphatic rings. The first-order chi connectivity index (χ1) is 18.7. The summed E-state index contributed by atoms with van der Waals surface area (Å²) < 4.78 is 6.13. The third-order valence-corrected chi connectivity index (χ3v) is 8.74. The van der Waals surface area contributed by atoms with E-state index in [2.05, 4.69) is 10.6 Å². The van der Waals surface area contributed by atoms with Crippen molar-refractivity contribution in [2.75, 3.05) is 45.9 Å². The van der Waals surface area contributed by atoms with E-state index in [9.17, 15) is 24.3 Å². The van der Waals surface area contributed by atoms with E-state index in [0.717, 1.165) is 10.1 Å². The summed E-state index contributed by atoms with van der Waals surface area (Å²) in [7, 11) is 0. The fraction of sp³-hybridized carbons (Fsp3) is 0.462. The Hall–Kier alpha value is -2.86. The molecule has 0 spiro atoms. The minimum atomic E-state index is -1.12. The summed E-state index contributed by atoms with van der Waals surface area (Å²) in [6.45, 7) is 2.55. The molecule has 13 heteroatoms. The van der Waals surface area contributed by atoms with Gasteiger partial charge in [0.05, 0.1) is 40.3 Å². The molecule has 210 valence electrons. The number of morpholine rings is 1. The van der Waals surface area contributed by atoms with Crippen molar-refractivity contribution in [3.8, 4) is 0 Å². The van der Waals surface area contributed by atoms with E-state index in [-0.39, 0.29) is 24.5 Å². The number of hydrogen-bond donors (Lipinski definition) is 3. The maximum atomic E-state index is 12.9. The van der Waals surface area contributed by atoms with E-state index >= 15 is 0 Å². The molecule has 4 amide bonds. The second-order valence-corrected chi connectivity index (χ2v) is 11.1. The minimum absolute atomic E-state index is 0.0831. The first kappa shape index (κ1) is 29.1. The van der Waals surface area contributed by atoms with Gasteiger partial charge in [-0.15, -0.1) is 11.3 Å². The monoisotopic (exact) mass is 596 g/mol. The van der Waals surface area contributed by atoms with Crippen LogP contribution in [0.4, 0.5) is 4.79 Å². The molecule has 2 fully saturated rings. The van der Waals surface area contributed by atoms with Gasteiger partial charge in [-0.25, -0.2) is 4.79 Å². The van der Waals surface area contributed by atoms with Gasteiger partial charge in [-0.3, -0.25) is 14.4 Å². The van der Waals surface area contributed by atoms with Gasteiger partial charge in [-0.1, -0.05) is 23.2 Å². The van der Waals surface area contributed by atoms with Crippen LogP contribution in [0.15, 0.2) is 23.6 Å². The number of benzene rings is 1. The summed E-state index contributed by atoms with van der Waals surface area (Å²) in [5.41, 5.74) is 0.660. The summed E-state index contributed by atoms with van der Waals surface area (Å²) in [6.07, 6.45) is 3.77. The predicted octanol–water partition coefficient (Wildman–Crippen LogP) is 3.46. The first-order valence-electron chi connectivity index (χ1n) is 12.7. The van der Waals surface area contributed by atoms with E-state index in [1.807, 2.05) is 17.5 Å². The lowest BCUT2D eigenvalue weighted by Crippen LogP contribution is -2.51. The number of nitrogens with one attached hydrogen (secondary N) is 2. The number of carboxylic acid groups (broad SMARTS) is 1. The molecule has 2 aromatic rings. The number of hydrogen-bond acceptors (Lipinski definition) is 6. The van der Waals surface area contributed by atoms with Crippen LogP contribution in [0.1, 0.15) is 24.8 Å². The zero-order chi connectivity index (χ0) is 27.9. The predicted molar refractivity (Wildman–Crippen MR) is 150 cm³/mol. The van der Waals surface area contributed by atoms with E-state index < -0.39 is 24.2 Å². The van der Waals surface area contributed by atoms with Crippen molar-refractivity contribution in [2.24, 2.45) is 5.92 Å². The fourth-order valence-corrected chi connectivity index (χ4v) is 6.02. The van der Waals surface area contributed by atoms with Gasteiger partial charge >= 0.3 is 12.0 Å². The number of thiophene rings is 1. The highest BCUT2D eigenvalue weighted by Gasteiger charge is 2.28. The highest BCUT2D eigenvalue weighted by molar-refractivity contribution is 7.18. The average Bonchev–Trinajstić information content (AvgIpc) is 3.41. The number of carboxylic acids is 1. The smallest absolute Gasteiger partial charge is 0.317 e. The Morgan fingerprint density at radius 3 is 2.51 bits per heavy atom. The molecule has 39 heavy (non-hydrogen) atoms. The lowest BCUT2D eigenvalue weighted by molar-refractivity contribution is -0.141. The van der Waals surface area contributed by atoms with Crippen molar-refractivity contribution in [3.63, 3.8) is 0 Å². The number of carbonyl (C=O) groups is 4. The summed E-state index contributed by atoms with van der Waals surface area (Å²) in [6, 6.07) is 3.29. The lowest BCUT2D eigenvalue weighted by atomic mass is 10.0. The molecule has 1 aromatic carbocycles. The molecule has 0 saturated carbocycles. The molecule has 2 aliphatic heterocycles. The minimum Gasteiger partial charge on any atom is -0.481 e. The number of rotatable bonds is 8. The maximum absolute atomic E-state index is 12.9. The summed E-state index contributed by atoms with van der Waals surface area (Å²) >= 11 is 14.3.